The average Bonchev–Trinajstić information content (AvgIpc) is 2.53. The van der Waals surface area contributed by atoms with E-state index in [2.05, 4.69) is 5.32 Å². The summed E-state index contributed by atoms with van der Waals surface area (Å²) < 4.78 is 13.2. The molecule has 0 fully saturated rings. The predicted octanol–water partition coefficient (Wildman–Crippen LogP) is 2.44. The number of phenols is 1. The van der Waals surface area contributed by atoms with Gasteiger partial charge in [0.25, 0.3) is 5.69 Å². The second kappa shape index (κ2) is 6.72. The number of rotatable bonds is 6. The van der Waals surface area contributed by atoms with Gasteiger partial charge in [-0.05, 0) is 36.8 Å². The van der Waals surface area contributed by atoms with E-state index in [9.17, 15) is 24.7 Å². The molecule has 2 rings (SSSR count). The van der Waals surface area contributed by atoms with Gasteiger partial charge in [0.2, 0.25) is 0 Å². The third kappa shape index (κ3) is 3.82. The highest BCUT2D eigenvalue weighted by Crippen LogP contribution is 2.26. The fourth-order valence-electron chi connectivity index (χ4n) is 2.25. The lowest BCUT2D eigenvalue weighted by Gasteiger charge is -2.29. The molecule has 0 aliphatic carbocycles. The fraction of sp³-hybridized carbons (Fsp3) is 0.250. The van der Waals surface area contributed by atoms with Gasteiger partial charge in [-0.1, -0.05) is 12.1 Å². The van der Waals surface area contributed by atoms with Crippen LogP contribution in [0.15, 0.2) is 42.5 Å². The summed E-state index contributed by atoms with van der Waals surface area (Å²) in [5.41, 5.74) is -0.309. The van der Waals surface area contributed by atoms with Gasteiger partial charge in [-0.15, -0.1) is 0 Å². The van der Waals surface area contributed by atoms with Gasteiger partial charge in [0.1, 0.15) is 11.6 Å². The van der Waals surface area contributed by atoms with Crippen LogP contribution < -0.4 is 5.32 Å². The molecule has 2 aromatic carbocycles. The van der Waals surface area contributed by atoms with E-state index in [-0.39, 0.29) is 24.6 Å². The van der Waals surface area contributed by atoms with E-state index in [1.54, 1.807) is 19.1 Å². The Hall–Kier alpha value is -2.51. The predicted molar refractivity (Wildman–Crippen MR) is 82.4 cm³/mol. The third-order valence-electron chi connectivity index (χ3n) is 3.71. The van der Waals surface area contributed by atoms with Gasteiger partial charge in [-0.2, -0.15) is 0 Å². The maximum absolute atomic E-state index is 13.2. The standard InChI is InChI=1S/C16H17FN2O4/c1-16(10-20,12-3-2-4-14(21)7-12)18-9-11-5-6-13(17)8-15(11)19(22)23/h2-8,18,20-21H,9-10H2,1H3. The number of aliphatic hydroxyl groups excluding tert-OH is 1. The van der Waals surface area contributed by atoms with Crippen molar-refractivity contribution in [3.63, 3.8) is 0 Å². The smallest absolute Gasteiger partial charge is 0.276 e. The van der Waals surface area contributed by atoms with Gasteiger partial charge in [-0.25, -0.2) is 4.39 Å². The average molecular weight is 320 g/mol. The lowest BCUT2D eigenvalue weighted by atomic mass is 9.92. The summed E-state index contributed by atoms with van der Waals surface area (Å²) in [4.78, 5) is 10.4. The van der Waals surface area contributed by atoms with Crippen molar-refractivity contribution in [3.05, 3.63) is 69.5 Å². The van der Waals surface area contributed by atoms with Gasteiger partial charge in [-0.3, -0.25) is 10.1 Å². The van der Waals surface area contributed by atoms with Crippen molar-refractivity contribution >= 4 is 5.69 Å². The topological polar surface area (TPSA) is 95.6 Å². The number of nitro groups is 1. The van der Waals surface area contributed by atoms with Crippen molar-refractivity contribution in [3.8, 4) is 5.75 Å². The molecule has 7 heteroatoms. The number of hydrogen-bond acceptors (Lipinski definition) is 5. The van der Waals surface area contributed by atoms with E-state index in [0.717, 1.165) is 12.1 Å². The highest BCUT2D eigenvalue weighted by atomic mass is 19.1. The van der Waals surface area contributed by atoms with Crippen molar-refractivity contribution in [1.29, 1.82) is 0 Å². The molecule has 1 unspecified atom stereocenters. The monoisotopic (exact) mass is 320 g/mol. The molecular weight excluding hydrogens is 303 g/mol. The molecule has 122 valence electrons. The molecule has 0 saturated carbocycles. The van der Waals surface area contributed by atoms with Gasteiger partial charge in [0.15, 0.2) is 0 Å². The maximum atomic E-state index is 13.2. The zero-order valence-electron chi connectivity index (χ0n) is 12.5. The lowest BCUT2D eigenvalue weighted by Crippen LogP contribution is -2.42. The molecule has 0 spiro atoms. The number of halogens is 1. The summed E-state index contributed by atoms with van der Waals surface area (Å²) in [5, 5.41) is 33.3. The number of nitrogens with zero attached hydrogens (tertiary/aromatic N) is 1. The Morgan fingerprint density at radius 2 is 2.04 bits per heavy atom. The zero-order chi connectivity index (χ0) is 17.0. The highest BCUT2D eigenvalue weighted by molar-refractivity contribution is 5.41. The molecular formula is C16H17FN2O4. The van der Waals surface area contributed by atoms with E-state index in [1.807, 2.05) is 0 Å². The molecule has 3 N–H and O–H groups in total. The van der Waals surface area contributed by atoms with E-state index in [0.29, 0.717) is 11.1 Å². The Bertz CT molecular complexity index is 723. The number of nitro benzene ring substituents is 1. The number of aromatic hydroxyl groups is 1. The second-order valence-electron chi connectivity index (χ2n) is 5.42. The summed E-state index contributed by atoms with van der Waals surface area (Å²) >= 11 is 0. The molecule has 0 amide bonds. The first-order chi connectivity index (χ1) is 10.9. The number of hydrogen-bond donors (Lipinski definition) is 3. The maximum Gasteiger partial charge on any atom is 0.276 e. The summed E-state index contributed by atoms with van der Waals surface area (Å²) in [6.07, 6.45) is 0. The highest BCUT2D eigenvalue weighted by Gasteiger charge is 2.27. The van der Waals surface area contributed by atoms with E-state index in [1.165, 1.54) is 18.2 Å². The van der Waals surface area contributed by atoms with Crippen LogP contribution in [0.25, 0.3) is 0 Å². The second-order valence-corrected chi connectivity index (χ2v) is 5.42. The van der Waals surface area contributed by atoms with Gasteiger partial charge in [0.05, 0.1) is 23.1 Å². The Kier molecular flexibility index (Phi) is 4.92. The van der Waals surface area contributed by atoms with Crippen LogP contribution in [0.2, 0.25) is 0 Å². The van der Waals surface area contributed by atoms with E-state index < -0.39 is 16.3 Å². The van der Waals surface area contributed by atoms with Crippen molar-refractivity contribution in [2.24, 2.45) is 0 Å². The molecule has 0 aromatic heterocycles. The molecule has 6 nitrogen and oxygen atoms in total. The molecule has 2 aromatic rings. The van der Waals surface area contributed by atoms with Crippen molar-refractivity contribution in [2.75, 3.05) is 6.61 Å². The van der Waals surface area contributed by atoms with Crippen LogP contribution in [0, 0.1) is 15.9 Å². The Labute approximate surface area is 132 Å². The number of aliphatic hydroxyl groups is 1. The van der Waals surface area contributed by atoms with E-state index in [4.69, 9.17) is 0 Å². The SMILES string of the molecule is CC(CO)(NCc1ccc(F)cc1[N+](=O)[O-])c1cccc(O)c1. The minimum atomic E-state index is -0.916. The molecule has 0 saturated heterocycles. The van der Waals surface area contributed by atoms with Crippen molar-refractivity contribution < 1.29 is 19.5 Å². The summed E-state index contributed by atoms with van der Waals surface area (Å²) in [7, 11) is 0. The third-order valence-corrected chi connectivity index (χ3v) is 3.71. The minimum Gasteiger partial charge on any atom is -0.508 e. The molecule has 0 radical (unpaired) electrons. The zero-order valence-corrected chi connectivity index (χ0v) is 12.5. The Balaban J connectivity index is 2.26. The molecule has 0 heterocycles. The minimum absolute atomic E-state index is 0.0525. The summed E-state index contributed by atoms with van der Waals surface area (Å²) in [6.45, 7) is 1.48. The quantitative estimate of drug-likeness (QED) is 0.561. The van der Waals surface area contributed by atoms with Crippen LogP contribution >= 0.6 is 0 Å². The van der Waals surface area contributed by atoms with Crippen LogP contribution in [-0.2, 0) is 12.1 Å². The largest absolute Gasteiger partial charge is 0.508 e. The first-order valence-electron chi connectivity index (χ1n) is 6.94. The molecule has 0 aliphatic heterocycles. The van der Waals surface area contributed by atoms with Crippen LogP contribution in [0.1, 0.15) is 18.1 Å². The number of benzene rings is 2. The first-order valence-corrected chi connectivity index (χ1v) is 6.94. The number of nitrogens with one attached hydrogen (secondary N) is 1. The number of phenolic OH excluding ortho intramolecular Hbond substituents is 1. The van der Waals surface area contributed by atoms with Crippen LogP contribution in [-0.4, -0.2) is 21.7 Å². The Morgan fingerprint density at radius 3 is 2.65 bits per heavy atom. The fourth-order valence-corrected chi connectivity index (χ4v) is 2.25. The van der Waals surface area contributed by atoms with E-state index >= 15 is 0 Å². The molecule has 0 bridgehead atoms. The van der Waals surface area contributed by atoms with Crippen LogP contribution in [0.3, 0.4) is 0 Å². The van der Waals surface area contributed by atoms with Gasteiger partial charge in [0, 0.05) is 12.1 Å². The van der Waals surface area contributed by atoms with Crippen molar-refractivity contribution in [1.82, 2.24) is 5.32 Å². The van der Waals surface area contributed by atoms with Crippen LogP contribution in [0.5, 0.6) is 5.75 Å². The first kappa shape index (κ1) is 16.9. The molecule has 0 aliphatic rings. The van der Waals surface area contributed by atoms with Crippen molar-refractivity contribution in [2.45, 2.75) is 19.0 Å². The normalized spacial score (nSPS) is 13.5. The summed E-state index contributed by atoms with van der Waals surface area (Å²) in [6, 6.07) is 9.72. The van der Waals surface area contributed by atoms with Crippen LogP contribution in [0.4, 0.5) is 10.1 Å². The summed E-state index contributed by atoms with van der Waals surface area (Å²) in [5.74, 6) is -0.630. The Morgan fingerprint density at radius 1 is 1.30 bits per heavy atom. The molecule has 23 heavy (non-hydrogen) atoms. The van der Waals surface area contributed by atoms with Gasteiger partial charge < -0.3 is 15.5 Å². The molecule has 1 atom stereocenters. The van der Waals surface area contributed by atoms with Gasteiger partial charge >= 0.3 is 0 Å². The lowest BCUT2D eigenvalue weighted by molar-refractivity contribution is -0.385.